The van der Waals surface area contributed by atoms with Crippen LogP contribution < -0.4 is 15.8 Å². The van der Waals surface area contributed by atoms with E-state index >= 15 is 0 Å². The Morgan fingerprint density at radius 3 is 2.74 bits per heavy atom. The average Bonchev–Trinajstić information content (AvgIpc) is 2.38. The average molecular weight is 276 g/mol. The van der Waals surface area contributed by atoms with Crippen LogP contribution in [0.1, 0.15) is 5.56 Å². The van der Waals surface area contributed by atoms with Gasteiger partial charge in [-0.05, 0) is 30.9 Å². The van der Waals surface area contributed by atoms with E-state index in [9.17, 15) is 0 Å². The third kappa shape index (κ3) is 3.29. The molecule has 0 unspecified atom stereocenters. The van der Waals surface area contributed by atoms with Crippen molar-refractivity contribution in [2.24, 2.45) is 0 Å². The summed E-state index contributed by atoms with van der Waals surface area (Å²) in [5, 5.41) is 3.84. The Kier molecular flexibility index (Phi) is 4.11. The second kappa shape index (κ2) is 5.79. The SMILES string of the molecule is COc1ccc(C)cc1Nc1cc(N)nc(SC)n1. The van der Waals surface area contributed by atoms with Crippen molar-refractivity contribution in [3.63, 3.8) is 0 Å². The van der Waals surface area contributed by atoms with Crippen molar-refractivity contribution in [1.82, 2.24) is 9.97 Å². The van der Waals surface area contributed by atoms with Crippen molar-refractivity contribution in [3.05, 3.63) is 29.8 Å². The molecule has 1 heterocycles. The number of nitrogen functional groups attached to an aromatic ring is 1. The number of hydrogen-bond acceptors (Lipinski definition) is 6. The van der Waals surface area contributed by atoms with Gasteiger partial charge in [0.05, 0.1) is 12.8 Å². The number of nitrogens with zero attached hydrogens (tertiary/aromatic N) is 2. The number of thioether (sulfide) groups is 1. The maximum Gasteiger partial charge on any atom is 0.191 e. The Balaban J connectivity index is 2.35. The number of hydrogen-bond donors (Lipinski definition) is 2. The molecule has 0 radical (unpaired) electrons. The summed E-state index contributed by atoms with van der Waals surface area (Å²) in [6, 6.07) is 7.60. The van der Waals surface area contributed by atoms with Gasteiger partial charge in [0, 0.05) is 6.07 Å². The van der Waals surface area contributed by atoms with Crippen LogP contribution in [0.2, 0.25) is 0 Å². The standard InChI is InChI=1S/C13H16N4OS/c1-8-4-5-10(18-2)9(6-8)15-12-7-11(14)16-13(17-12)19-3/h4-7H,1-3H3,(H3,14,15,16,17). The predicted molar refractivity (Wildman–Crippen MR) is 79.2 cm³/mol. The van der Waals surface area contributed by atoms with Crippen LogP contribution >= 0.6 is 11.8 Å². The van der Waals surface area contributed by atoms with E-state index in [2.05, 4.69) is 15.3 Å². The van der Waals surface area contributed by atoms with Gasteiger partial charge in [0.15, 0.2) is 5.16 Å². The van der Waals surface area contributed by atoms with Gasteiger partial charge in [0.1, 0.15) is 17.4 Å². The van der Waals surface area contributed by atoms with Crippen molar-refractivity contribution in [3.8, 4) is 5.75 Å². The normalized spacial score (nSPS) is 10.3. The Bertz CT molecular complexity index is 589. The zero-order valence-corrected chi connectivity index (χ0v) is 11.9. The topological polar surface area (TPSA) is 73.1 Å². The van der Waals surface area contributed by atoms with E-state index in [1.54, 1.807) is 13.2 Å². The first-order chi connectivity index (χ1) is 9.12. The minimum Gasteiger partial charge on any atom is -0.495 e. The molecule has 0 bridgehead atoms. The van der Waals surface area contributed by atoms with E-state index in [1.165, 1.54) is 11.8 Å². The Morgan fingerprint density at radius 2 is 2.05 bits per heavy atom. The molecule has 0 atom stereocenters. The number of benzene rings is 1. The fraction of sp³-hybridized carbons (Fsp3) is 0.231. The number of anilines is 3. The zero-order chi connectivity index (χ0) is 13.8. The summed E-state index contributed by atoms with van der Waals surface area (Å²) in [5.74, 6) is 1.85. The molecule has 0 spiro atoms. The van der Waals surface area contributed by atoms with Crippen molar-refractivity contribution >= 4 is 29.1 Å². The van der Waals surface area contributed by atoms with Gasteiger partial charge in [-0.3, -0.25) is 0 Å². The van der Waals surface area contributed by atoms with Gasteiger partial charge in [-0.15, -0.1) is 0 Å². The monoisotopic (exact) mass is 276 g/mol. The fourth-order valence-electron chi connectivity index (χ4n) is 1.66. The van der Waals surface area contributed by atoms with E-state index in [-0.39, 0.29) is 0 Å². The molecule has 0 saturated heterocycles. The highest BCUT2D eigenvalue weighted by Gasteiger charge is 2.06. The van der Waals surface area contributed by atoms with Crippen LogP contribution in [0, 0.1) is 6.92 Å². The molecule has 5 nitrogen and oxygen atoms in total. The molecule has 0 aliphatic rings. The van der Waals surface area contributed by atoms with Crippen molar-refractivity contribution in [2.45, 2.75) is 12.1 Å². The van der Waals surface area contributed by atoms with Crippen LogP contribution in [0.25, 0.3) is 0 Å². The van der Waals surface area contributed by atoms with E-state index in [1.807, 2.05) is 31.4 Å². The largest absolute Gasteiger partial charge is 0.495 e. The molecule has 19 heavy (non-hydrogen) atoms. The molecule has 0 amide bonds. The number of nitrogens with two attached hydrogens (primary N) is 1. The summed E-state index contributed by atoms with van der Waals surface area (Å²) >= 11 is 1.45. The lowest BCUT2D eigenvalue weighted by molar-refractivity contribution is 0.416. The lowest BCUT2D eigenvalue weighted by Crippen LogP contribution is -2.01. The van der Waals surface area contributed by atoms with E-state index in [0.29, 0.717) is 16.8 Å². The molecule has 2 aromatic rings. The Hall–Kier alpha value is -1.95. The molecule has 100 valence electrons. The van der Waals surface area contributed by atoms with Gasteiger partial charge in [0.25, 0.3) is 0 Å². The first kappa shape index (κ1) is 13.5. The molecule has 1 aromatic heterocycles. The van der Waals surface area contributed by atoms with E-state index in [0.717, 1.165) is 17.0 Å². The van der Waals surface area contributed by atoms with E-state index < -0.39 is 0 Å². The molecule has 6 heteroatoms. The van der Waals surface area contributed by atoms with Gasteiger partial charge in [-0.2, -0.15) is 0 Å². The first-order valence-electron chi connectivity index (χ1n) is 5.72. The number of ether oxygens (including phenoxy) is 1. The van der Waals surface area contributed by atoms with Crippen LogP contribution in [-0.4, -0.2) is 23.3 Å². The summed E-state index contributed by atoms with van der Waals surface area (Å²) in [7, 11) is 1.64. The van der Waals surface area contributed by atoms with Crippen molar-refractivity contribution < 1.29 is 4.74 Å². The van der Waals surface area contributed by atoms with Crippen LogP contribution in [0.4, 0.5) is 17.3 Å². The van der Waals surface area contributed by atoms with Crippen LogP contribution in [-0.2, 0) is 0 Å². The molecular formula is C13H16N4OS. The maximum absolute atomic E-state index is 5.75. The number of aryl methyl sites for hydroxylation is 1. The summed E-state index contributed by atoms with van der Waals surface area (Å²) in [6.07, 6.45) is 1.91. The molecule has 0 saturated carbocycles. The first-order valence-corrected chi connectivity index (χ1v) is 6.95. The van der Waals surface area contributed by atoms with E-state index in [4.69, 9.17) is 10.5 Å². The van der Waals surface area contributed by atoms with Crippen molar-refractivity contribution in [2.75, 3.05) is 24.4 Å². The molecule has 1 aromatic carbocycles. The maximum atomic E-state index is 5.75. The molecule has 0 fully saturated rings. The quantitative estimate of drug-likeness (QED) is 0.661. The van der Waals surface area contributed by atoms with Gasteiger partial charge in [-0.25, -0.2) is 9.97 Å². The predicted octanol–water partition coefficient (Wildman–Crippen LogP) is 2.84. The van der Waals surface area contributed by atoms with Crippen LogP contribution in [0.15, 0.2) is 29.4 Å². The Morgan fingerprint density at radius 1 is 1.26 bits per heavy atom. The van der Waals surface area contributed by atoms with Crippen LogP contribution in [0.3, 0.4) is 0 Å². The third-order valence-electron chi connectivity index (χ3n) is 2.53. The summed E-state index contributed by atoms with van der Waals surface area (Å²) < 4.78 is 5.32. The highest BCUT2D eigenvalue weighted by molar-refractivity contribution is 7.98. The summed E-state index contributed by atoms with van der Waals surface area (Å²) in [5.41, 5.74) is 7.74. The second-order valence-electron chi connectivity index (χ2n) is 3.99. The second-order valence-corrected chi connectivity index (χ2v) is 4.77. The lowest BCUT2D eigenvalue weighted by atomic mass is 10.2. The fourth-order valence-corrected chi connectivity index (χ4v) is 2.04. The Labute approximate surface area is 116 Å². The molecule has 0 aliphatic carbocycles. The summed E-state index contributed by atoms with van der Waals surface area (Å²) in [6.45, 7) is 2.02. The number of nitrogens with one attached hydrogen (secondary N) is 1. The number of methoxy groups -OCH3 is 1. The van der Waals surface area contributed by atoms with Gasteiger partial charge in [-0.1, -0.05) is 17.8 Å². The van der Waals surface area contributed by atoms with Gasteiger partial charge >= 0.3 is 0 Å². The minimum atomic E-state index is 0.438. The lowest BCUT2D eigenvalue weighted by Gasteiger charge is -2.12. The minimum absolute atomic E-state index is 0.438. The zero-order valence-electron chi connectivity index (χ0n) is 11.1. The highest BCUT2D eigenvalue weighted by Crippen LogP contribution is 2.28. The third-order valence-corrected chi connectivity index (χ3v) is 3.07. The number of rotatable bonds is 4. The van der Waals surface area contributed by atoms with Gasteiger partial charge < -0.3 is 15.8 Å². The molecule has 2 rings (SSSR count). The van der Waals surface area contributed by atoms with Gasteiger partial charge in [0.2, 0.25) is 0 Å². The smallest absolute Gasteiger partial charge is 0.191 e. The van der Waals surface area contributed by atoms with Crippen LogP contribution in [0.5, 0.6) is 5.75 Å². The number of aromatic nitrogens is 2. The molecule has 0 aliphatic heterocycles. The molecular weight excluding hydrogens is 260 g/mol. The molecule has 3 N–H and O–H groups in total. The van der Waals surface area contributed by atoms with Crippen molar-refractivity contribution in [1.29, 1.82) is 0 Å². The highest BCUT2D eigenvalue weighted by atomic mass is 32.2. The summed E-state index contributed by atoms with van der Waals surface area (Å²) in [4.78, 5) is 8.47.